The van der Waals surface area contributed by atoms with Gasteiger partial charge in [0.05, 0.1) is 30.2 Å². The smallest absolute Gasteiger partial charge is 0.411 e. The van der Waals surface area contributed by atoms with Gasteiger partial charge in [0.15, 0.2) is 0 Å². The van der Waals surface area contributed by atoms with Crippen molar-refractivity contribution in [2.75, 3.05) is 22.8 Å². The fourth-order valence-electron chi connectivity index (χ4n) is 4.19. The second-order valence-corrected chi connectivity index (χ2v) is 9.82. The van der Waals surface area contributed by atoms with E-state index in [1.807, 2.05) is 0 Å². The maximum atomic E-state index is 14.7. The number of aromatic nitrogens is 2. The zero-order valence-electron chi connectivity index (χ0n) is 23.2. The van der Waals surface area contributed by atoms with E-state index in [0.717, 1.165) is 11.1 Å². The van der Waals surface area contributed by atoms with Crippen molar-refractivity contribution in [2.45, 2.75) is 24.8 Å². The summed E-state index contributed by atoms with van der Waals surface area (Å²) in [6.45, 7) is 0. The Bertz CT molecular complexity index is 1640. The number of hydrogen-bond acceptors (Lipinski definition) is 8. The van der Waals surface area contributed by atoms with Gasteiger partial charge in [0, 0.05) is 40.5 Å². The summed E-state index contributed by atoms with van der Waals surface area (Å²) in [4.78, 5) is 44.8. The van der Waals surface area contributed by atoms with E-state index in [1.54, 1.807) is 18.2 Å². The van der Waals surface area contributed by atoms with Gasteiger partial charge in [-0.3, -0.25) is 19.9 Å². The van der Waals surface area contributed by atoms with E-state index in [4.69, 9.17) is 23.3 Å². The van der Waals surface area contributed by atoms with E-state index < -0.39 is 36.3 Å². The summed E-state index contributed by atoms with van der Waals surface area (Å²) in [5, 5.41) is 12.4. The SMILES string of the molecule is COC(=O)Nc1ccc2c(c1)NC(=O)C(F)(F)C/C=C/C[C@H](NC(=O)/C=C/c1cc(Cl)ccc1N(N)/C=N\N)c1nc-2c[nH]1. The Morgan fingerprint density at radius 3 is 2.80 bits per heavy atom. The van der Waals surface area contributed by atoms with Crippen LogP contribution in [0.3, 0.4) is 0 Å². The van der Waals surface area contributed by atoms with Crippen LogP contribution < -0.4 is 32.6 Å². The average molecular weight is 628 g/mol. The number of nitrogens with two attached hydrogens (primary N) is 2. The number of amides is 3. The van der Waals surface area contributed by atoms with Gasteiger partial charge < -0.3 is 26.2 Å². The van der Waals surface area contributed by atoms with Crippen molar-refractivity contribution >= 4 is 59.0 Å². The van der Waals surface area contributed by atoms with E-state index in [1.165, 1.54) is 56.1 Å². The number of ether oxygens (including phenoxy) is 1. The lowest BCUT2D eigenvalue weighted by molar-refractivity contribution is -0.139. The highest BCUT2D eigenvalue weighted by Gasteiger charge is 2.38. The predicted molar refractivity (Wildman–Crippen MR) is 163 cm³/mol. The number of hydrogen-bond donors (Lipinski definition) is 6. The molecule has 0 fully saturated rings. The highest BCUT2D eigenvalue weighted by Crippen LogP contribution is 2.33. The first-order valence-corrected chi connectivity index (χ1v) is 13.3. The minimum absolute atomic E-state index is 0.0284. The summed E-state index contributed by atoms with van der Waals surface area (Å²) in [6.07, 6.45) is 6.38. The average Bonchev–Trinajstić information content (AvgIpc) is 3.47. The molecule has 44 heavy (non-hydrogen) atoms. The van der Waals surface area contributed by atoms with Crippen LogP contribution in [0, 0.1) is 0 Å². The van der Waals surface area contributed by atoms with Gasteiger partial charge in [0.1, 0.15) is 12.2 Å². The molecule has 230 valence electrons. The van der Waals surface area contributed by atoms with E-state index in [0.29, 0.717) is 22.1 Å². The minimum atomic E-state index is -3.76. The molecule has 0 saturated carbocycles. The standard InChI is InChI=1S/C28H28ClF2N9O4/c1-44-27(43)36-18-7-8-19-21(13-18)39-26(42)28(30,31)11-3-2-4-20(25-34-14-22(19)38-25)37-24(41)10-5-16-12-17(29)6-9-23(16)40(33)15-35-32/h2-3,5-10,12-15,20H,4,11,32-33H2,1H3,(H,34,38)(H,36,43)(H,37,41)(H,39,42)/b3-2+,10-5+,35-15-/t20-/m0/s1. The predicted octanol–water partition coefficient (Wildman–Crippen LogP) is 4.29. The van der Waals surface area contributed by atoms with Gasteiger partial charge in [0.25, 0.3) is 5.91 Å². The van der Waals surface area contributed by atoms with Crippen LogP contribution in [0.5, 0.6) is 0 Å². The molecule has 1 aromatic heterocycles. The van der Waals surface area contributed by atoms with E-state index in [-0.39, 0.29) is 29.1 Å². The maximum absolute atomic E-state index is 14.7. The number of fused-ring (bicyclic) bond motifs is 4. The molecule has 8 N–H and O–H groups in total. The fourth-order valence-corrected chi connectivity index (χ4v) is 4.37. The first-order chi connectivity index (χ1) is 21.0. The van der Waals surface area contributed by atoms with Gasteiger partial charge in [-0.1, -0.05) is 23.8 Å². The summed E-state index contributed by atoms with van der Waals surface area (Å²) < 4.78 is 34.1. The third-order valence-corrected chi connectivity index (χ3v) is 6.57. The Kier molecular flexibility index (Phi) is 9.92. The first kappa shape index (κ1) is 31.7. The topological polar surface area (TPSA) is 193 Å². The number of carbonyl (C=O) groups excluding carboxylic acids is 3. The Hall–Kier alpha value is -5.28. The molecule has 0 radical (unpaired) electrons. The van der Waals surface area contributed by atoms with Crippen LogP contribution in [-0.4, -0.2) is 47.2 Å². The molecule has 0 spiro atoms. The molecule has 1 aliphatic rings. The van der Waals surface area contributed by atoms with Gasteiger partial charge in [-0.05, 0) is 48.9 Å². The normalized spacial score (nSPS) is 17.0. The number of halogens is 3. The molecule has 2 bridgehead atoms. The fraction of sp³-hybridized carbons (Fsp3) is 0.179. The monoisotopic (exact) mass is 627 g/mol. The summed E-state index contributed by atoms with van der Waals surface area (Å²) in [5.41, 5.74) is 1.68. The quantitative estimate of drug-likeness (QED) is 0.0582. The van der Waals surface area contributed by atoms with E-state index >= 15 is 0 Å². The number of allylic oxidation sites excluding steroid dienone is 1. The van der Waals surface area contributed by atoms with Crippen molar-refractivity contribution < 1.29 is 27.9 Å². The number of rotatable bonds is 6. The Morgan fingerprint density at radius 2 is 2.05 bits per heavy atom. The number of methoxy groups -OCH3 is 1. The Labute approximate surface area is 254 Å². The molecule has 1 aliphatic heterocycles. The molecule has 2 aromatic carbocycles. The van der Waals surface area contributed by atoms with Crippen LogP contribution in [0.2, 0.25) is 5.02 Å². The van der Waals surface area contributed by atoms with Crippen LogP contribution in [0.25, 0.3) is 17.3 Å². The van der Waals surface area contributed by atoms with Crippen molar-refractivity contribution in [3.05, 3.63) is 77.2 Å². The number of hydrazone groups is 1. The zero-order valence-corrected chi connectivity index (χ0v) is 23.9. The molecular formula is C28H28ClF2N9O4. The molecule has 16 heteroatoms. The number of nitrogens with one attached hydrogen (secondary N) is 4. The molecule has 4 rings (SSSR count). The van der Waals surface area contributed by atoms with Crippen LogP contribution >= 0.6 is 11.6 Å². The van der Waals surface area contributed by atoms with Crippen LogP contribution in [0.15, 0.2) is 65.9 Å². The van der Waals surface area contributed by atoms with Crippen molar-refractivity contribution in [1.82, 2.24) is 15.3 Å². The van der Waals surface area contributed by atoms with Crippen molar-refractivity contribution in [3.8, 4) is 11.3 Å². The minimum Gasteiger partial charge on any atom is -0.453 e. The van der Waals surface area contributed by atoms with Crippen molar-refractivity contribution in [3.63, 3.8) is 0 Å². The number of benzene rings is 2. The Morgan fingerprint density at radius 1 is 1.25 bits per heavy atom. The lowest BCUT2D eigenvalue weighted by Crippen LogP contribution is -2.34. The van der Waals surface area contributed by atoms with E-state index in [9.17, 15) is 23.2 Å². The second kappa shape index (κ2) is 13.8. The lowest BCUT2D eigenvalue weighted by Gasteiger charge is -2.17. The molecular weight excluding hydrogens is 600 g/mol. The number of alkyl halides is 2. The number of aromatic amines is 1. The van der Waals surface area contributed by atoms with Crippen LogP contribution in [-0.2, 0) is 14.3 Å². The number of nitrogens with zero attached hydrogens (tertiary/aromatic N) is 3. The van der Waals surface area contributed by atoms with Crippen LogP contribution in [0.4, 0.5) is 30.6 Å². The molecule has 0 saturated heterocycles. The zero-order chi connectivity index (χ0) is 31.9. The summed E-state index contributed by atoms with van der Waals surface area (Å²) in [7, 11) is 1.17. The van der Waals surface area contributed by atoms with Gasteiger partial charge in [-0.25, -0.2) is 15.6 Å². The van der Waals surface area contributed by atoms with Gasteiger partial charge in [0.2, 0.25) is 5.91 Å². The summed E-state index contributed by atoms with van der Waals surface area (Å²) >= 11 is 6.12. The molecule has 3 aromatic rings. The van der Waals surface area contributed by atoms with Crippen molar-refractivity contribution in [2.24, 2.45) is 16.8 Å². The van der Waals surface area contributed by atoms with E-state index in [2.05, 4.69) is 35.8 Å². The number of imidazole rings is 1. The molecule has 0 unspecified atom stereocenters. The third kappa shape index (κ3) is 7.76. The molecule has 3 amide bonds. The number of anilines is 3. The summed E-state index contributed by atoms with van der Waals surface area (Å²) in [6, 6.07) is 8.33. The highest BCUT2D eigenvalue weighted by molar-refractivity contribution is 6.30. The second-order valence-electron chi connectivity index (χ2n) is 9.39. The largest absolute Gasteiger partial charge is 0.453 e. The number of carbonyl (C=O) groups is 3. The number of hydrazine groups is 1. The summed E-state index contributed by atoms with van der Waals surface area (Å²) in [5.74, 6) is 5.60. The molecule has 2 heterocycles. The highest BCUT2D eigenvalue weighted by atomic mass is 35.5. The third-order valence-electron chi connectivity index (χ3n) is 6.34. The number of H-pyrrole nitrogens is 1. The van der Waals surface area contributed by atoms with Gasteiger partial charge >= 0.3 is 12.0 Å². The molecule has 13 nitrogen and oxygen atoms in total. The van der Waals surface area contributed by atoms with Gasteiger partial charge in [-0.2, -0.15) is 13.9 Å². The van der Waals surface area contributed by atoms with Crippen molar-refractivity contribution in [1.29, 1.82) is 0 Å². The molecule has 1 atom stereocenters. The van der Waals surface area contributed by atoms with Crippen LogP contribution in [0.1, 0.15) is 30.3 Å². The Balaban J connectivity index is 1.65. The van der Waals surface area contributed by atoms with Gasteiger partial charge in [-0.15, -0.1) is 0 Å². The maximum Gasteiger partial charge on any atom is 0.411 e. The lowest BCUT2D eigenvalue weighted by atomic mass is 10.1. The molecule has 0 aliphatic carbocycles. The first-order valence-electron chi connectivity index (χ1n) is 12.9.